The molecule has 2 rings (SSSR count). The highest BCUT2D eigenvalue weighted by molar-refractivity contribution is 5.93. The lowest BCUT2D eigenvalue weighted by Crippen LogP contribution is -2.19. The van der Waals surface area contributed by atoms with Crippen LogP contribution in [0.1, 0.15) is 38.7 Å². The molecule has 2 aromatic rings. The molecule has 0 atom stereocenters. The van der Waals surface area contributed by atoms with E-state index < -0.39 is 17.7 Å². The first-order valence-corrected chi connectivity index (χ1v) is 6.51. The van der Waals surface area contributed by atoms with Gasteiger partial charge in [-0.15, -0.1) is 0 Å². The van der Waals surface area contributed by atoms with Gasteiger partial charge in [0.25, 0.3) is 5.91 Å². The van der Waals surface area contributed by atoms with E-state index in [4.69, 9.17) is 10.8 Å². The number of amides is 1. The molecule has 0 unspecified atom stereocenters. The average molecular weight is 285 g/mol. The number of rotatable bonds is 6. The van der Waals surface area contributed by atoms with Crippen molar-refractivity contribution in [2.45, 2.75) is 19.3 Å². The Bertz CT molecular complexity index is 656. The number of primary amides is 1. The number of carboxylic acid groups (broad SMARTS) is 1. The van der Waals surface area contributed by atoms with Crippen LogP contribution in [0.4, 0.5) is 0 Å². The smallest absolute Gasteiger partial charge is 0.373 e. The number of carbonyl (C=O) groups excluding carboxylic acids is 1. The van der Waals surface area contributed by atoms with Crippen LogP contribution in [0.5, 0.6) is 0 Å². The van der Waals surface area contributed by atoms with Gasteiger partial charge < -0.3 is 10.8 Å². The zero-order chi connectivity index (χ0) is 15.2. The number of benzene rings is 1. The Hall–Kier alpha value is -2.76. The molecule has 0 bridgehead atoms. The summed E-state index contributed by atoms with van der Waals surface area (Å²) in [7, 11) is 0. The molecule has 0 saturated carbocycles. The van der Waals surface area contributed by atoms with E-state index >= 15 is 0 Å². The van der Waals surface area contributed by atoms with Gasteiger partial charge in [0.2, 0.25) is 5.82 Å². The van der Waals surface area contributed by atoms with Crippen molar-refractivity contribution in [3.8, 4) is 0 Å². The van der Waals surface area contributed by atoms with E-state index in [-0.39, 0.29) is 5.69 Å². The molecule has 1 amide bonds. The molecule has 0 radical (unpaired) electrons. The van der Waals surface area contributed by atoms with Crippen molar-refractivity contribution in [1.82, 2.24) is 9.97 Å². The molecule has 0 fully saturated rings. The van der Waals surface area contributed by atoms with E-state index in [1.165, 1.54) is 11.8 Å². The lowest BCUT2D eigenvalue weighted by molar-refractivity contribution is 0.0683. The zero-order valence-corrected chi connectivity index (χ0v) is 11.3. The second-order valence-corrected chi connectivity index (χ2v) is 4.58. The van der Waals surface area contributed by atoms with Crippen molar-refractivity contribution in [2.24, 2.45) is 5.73 Å². The van der Waals surface area contributed by atoms with Gasteiger partial charge in [-0.3, -0.25) is 4.79 Å². The number of hydrogen-bond acceptors (Lipinski definition) is 4. The van der Waals surface area contributed by atoms with Crippen LogP contribution >= 0.6 is 0 Å². The number of aromatic carboxylic acids is 1. The second kappa shape index (κ2) is 6.60. The monoisotopic (exact) mass is 285 g/mol. The Morgan fingerprint density at radius 2 is 1.86 bits per heavy atom. The van der Waals surface area contributed by atoms with E-state index in [0.29, 0.717) is 12.0 Å². The Balaban J connectivity index is 2.09. The molecule has 21 heavy (non-hydrogen) atoms. The zero-order valence-electron chi connectivity index (χ0n) is 11.3. The van der Waals surface area contributed by atoms with Crippen LogP contribution in [0.2, 0.25) is 0 Å². The summed E-state index contributed by atoms with van der Waals surface area (Å²) in [4.78, 5) is 29.6. The molecule has 0 aliphatic rings. The first-order valence-electron chi connectivity index (χ1n) is 6.51. The number of nitrogens with zero attached hydrogens (tertiary/aromatic N) is 2. The van der Waals surface area contributed by atoms with E-state index in [9.17, 15) is 9.59 Å². The Kier molecular flexibility index (Phi) is 4.61. The van der Waals surface area contributed by atoms with Gasteiger partial charge >= 0.3 is 5.97 Å². The lowest BCUT2D eigenvalue weighted by atomic mass is 10.0. The van der Waals surface area contributed by atoms with E-state index in [0.717, 1.165) is 12.8 Å². The van der Waals surface area contributed by atoms with Crippen LogP contribution in [-0.2, 0) is 12.8 Å². The van der Waals surface area contributed by atoms with E-state index in [2.05, 4.69) is 9.97 Å². The summed E-state index contributed by atoms with van der Waals surface area (Å²) < 4.78 is 0. The molecular weight excluding hydrogens is 270 g/mol. The predicted octanol–water partition coefficient (Wildman–Crippen LogP) is 1.45. The van der Waals surface area contributed by atoms with Crippen LogP contribution in [0.25, 0.3) is 0 Å². The first-order chi connectivity index (χ1) is 10.1. The molecule has 3 N–H and O–H groups in total. The van der Waals surface area contributed by atoms with Crippen molar-refractivity contribution < 1.29 is 14.7 Å². The standard InChI is InChI=1S/C15H15N3O3/c16-13(19)12-11(9-17-14(18-12)15(20)21)8-4-7-10-5-2-1-3-6-10/h1-3,5-6,9H,4,7-8H2,(H2,16,19)(H,20,21). The highest BCUT2D eigenvalue weighted by atomic mass is 16.4. The van der Waals surface area contributed by atoms with E-state index in [1.807, 2.05) is 30.3 Å². The Morgan fingerprint density at radius 1 is 1.14 bits per heavy atom. The maximum absolute atomic E-state index is 11.4. The topological polar surface area (TPSA) is 106 Å². The first kappa shape index (κ1) is 14.6. The van der Waals surface area contributed by atoms with Gasteiger partial charge in [-0.1, -0.05) is 30.3 Å². The minimum atomic E-state index is -1.28. The summed E-state index contributed by atoms with van der Waals surface area (Å²) in [6, 6.07) is 9.94. The third kappa shape index (κ3) is 3.85. The van der Waals surface area contributed by atoms with Crippen LogP contribution in [0.15, 0.2) is 36.5 Å². The van der Waals surface area contributed by atoms with Crippen molar-refractivity contribution >= 4 is 11.9 Å². The molecule has 6 heteroatoms. The second-order valence-electron chi connectivity index (χ2n) is 4.58. The van der Waals surface area contributed by atoms with E-state index in [1.54, 1.807) is 0 Å². The maximum Gasteiger partial charge on any atom is 0.373 e. The van der Waals surface area contributed by atoms with Gasteiger partial charge in [0.1, 0.15) is 5.69 Å². The SMILES string of the molecule is NC(=O)c1nc(C(=O)O)ncc1CCCc1ccccc1. The Labute approximate surface area is 121 Å². The number of aromatic nitrogens is 2. The summed E-state index contributed by atoms with van der Waals surface area (Å²) in [6.07, 6.45) is 3.56. The minimum Gasteiger partial charge on any atom is -0.475 e. The van der Waals surface area contributed by atoms with Crippen molar-refractivity contribution in [3.63, 3.8) is 0 Å². The largest absolute Gasteiger partial charge is 0.475 e. The molecule has 1 aromatic heterocycles. The highest BCUT2D eigenvalue weighted by Gasteiger charge is 2.15. The minimum absolute atomic E-state index is 0.0181. The summed E-state index contributed by atoms with van der Waals surface area (Å²) in [5.41, 5.74) is 6.99. The maximum atomic E-state index is 11.4. The molecule has 0 aliphatic carbocycles. The normalized spacial score (nSPS) is 10.3. The van der Waals surface area contributed by atoms with Gasteiger partial charge in [-0.2, -0.15) is 0 Å². The molecule has 1 heterocycles. The van der Waals surface area contributed by atoms with Gasteiger partial charge in [-0.05, 0) is 24.8 Å². The van der Waals surface area contributed by atoms with Crippen LogP contribution in [0.3, 0.4) is 0 Å². The molecule has 0 spiro atoms. The summed E-state index contributed by atoms with van der Waals surface area (Å²) >= 11 is 0. The quantitative estimate of drug-likeness (QED) is 0.835. The number of aryl methyl sites for hydroxylation is 2. The molecule has 0 saturated heterocycles. The molecule has 108 valence electrons. The third-order valence-electron chi connectivity index (χ3n) is 3.04. The average Bonchev–Trinajstić information content (AvgIpc) is 2.48. The fourth-order valence-corrected chi connectivity index (χ4v) is 2.03. The number of carbonyl (C=O) groups is 2. The fraction of sp³-hybridized carbons (Fsp3) is 0.200. The number of hydrogen-bond donors (Lipinski definition) is 2. The van der Waals surface area contributed by atoms with Crippen molar-refractivity contribution in [3.05, 3.63) is 59.2 Å². The fourth-order valence-electron chi connectivity index (χ4n) is 2.03. The van der Waals surface area contributed by atoms with Crippen molar-refractivity contribution in [2.75, 3.05) is 0 Å². The number of nitrogens with two attached hydrogens (primary N) is 1. The molecule has 6 nitrogen and oxygen atoms in total. The highest BCUT2D eigenvalue weighted by Crippen LogP contribution is 2.11. The van der Waals surface area contributed by atoms with Crippen LogP contribution in [-0.4, -0.2) is 27.0 Å². The van der Waals surface area contributed by atoms with Crippen LogP contribution < -0.4 is 5.73 Å². The van der Waals surface area contributed by atoms with Gasteiger partial charge in [0.15, 0.2) is 0 Å². The van der Waals surface area contributed by atoms with Gasteiger partial charge in [0, 0.05) is 11.8 Å². The van der Waals surface area contributed by atoms with Gasteiger partial charge in [0.05, 0.1) is 0 Å². The number of carboxylic acids is 1. The summed E-state index contributed by atoms with van der Waals surface area (Å²) in [5.74, 6) is -2.45. The summed E-state index contributed by atoms with van der Waals surface area (Å²) in [5, 5.41) is 8.83. The van der Waals surface area contributed by atoms with Crippen molar-refractivity contribution in [1.29, 1.82) is 0 Å². The Morgan fingerprint density at radius 3 is 2.48 bits per heavy atom. The molecule has 0 aliphatic heterocycles. The van der Waals surface area contributed by atoms with Gasteiger partial charge in [-0.25, -0.2) is 14.8 Å². The summed E-state index contributed by atoms with van der Waals surface area (Å²) in [6.45, 7) is 0. The van der Waals surface area contributed by atoms with Crippen LogP contribution in [0, 0.1) is 0 Å². The molecule has 1 aromatic carbocycles. The lowest BCUT2D eigenvalue weighted by Gasteiger charge is -2.06. The molecular formula is C15H15N3O3. The third-order valence-corrected chi connectivity index (χ3v) is 3.04. The predicted molar refractivity (Wildman–Crippen MR) is 76.0 cm³/mol.